The van der Waals surface area contributed by atoms with Gasteiger partial charge in [0, 0.05) is 37.1 Å². The van der Waals surface area contributed by atoms with Crippen molar-refractivity contribution in [2.75, 3.05) is 31.6 Å². The van der Waals surface area contributed by atoms with E-state index in [1.165, 1.54) is 18.4 Å². The average Bonchev–Trinajstić information content (AvgIpc) is 3.44. The summed E-state index contributed by atoms with van der Waals surface area (Å²) in [6.07, 6.45) is 1.19. The highest BCUT2D eigenvalue weighted by molar-refractivity contribution is 7.91. The second-order valence-corrected chi connectivity index (χ2v) is 11.2. The van der Waals surface area contributed by atoms with Crippen LogP contribution in [0.15, 0.2) is 39.9 Å². The lowest BCUT2D eigenvalue weighted by molar-refractivity contribution is -0.136. The van der Waals surface area contributed by atoms with Gasteiger partial charge in [-0.2, -0.15) is 0 Å². The Labute approximate surface area is 196 Å². The third kappa shape index (κ3) is 4.78. The van der Waals surface area contributed by atoms with E-state index in [1.807, 2.05) is 0 Å². The highest BCUT2D eigenvalue weighted by Crippen LogP contribution is 2.35. The second kappa shape index (κ2) is 9.38. The lowest BCUT2D eigenvalue weighted by Gasteiger charge is -2.33. The monoisotopic (exact) mass is 497 g/mol. The molecular weight excluding hydrogens is 474 g/mol. The first-order valence-corrected chi connectivity index (χ1v) is 13.0. The maximum absolute atomic E-state index is 13.1. The van der Waals surface area contributed by atoms with Crippen LogP contribution in [0.4, 0.5) is 5.69 Å². The number of carbonyl (C=O) groups is 2. The number of thiophene rings is 1. The number of carbonyl (C=O) groups excluding carboxylic acids is 2. The molecule has 0 radical (unpaired) electrons. The van der Waals surface area contributed by atoms with Crippen LogP contribution in [0.25, 0.3) is 0 Å². The van der Waals surface area contributed by atoms with Crippen molar-refractivity contribution >= 4 is 50.5 Å². The van der Waals surface area contributed by atoms with E-state index in [4.69, 9.17) is 16.3 Å². The van der Waals surface area contributed by atoms with E-state index in [1.54, 1.807) is 45.5 Å². The van der Waals surface area contributed by atoms with Crippen LogP contribution in [0.3, 0.4) is 0 Å². The minimum absolute atomic E-state index is 0.0820. The normalized spacial score (nSPS) is 20.1. The molecule has 0 saturated carbocycles. The number of nitrogens with one attached hydrogen (secondary N) is 1. The Morgan fingerprint density at radius 2 is 2.00 bits per heavy atom. The standard InChI is InChI=1S/C21H24ClN3O5S2/c1-30-18-5-4-15(22)12-17(18)25-13-14(11-19(25)26)21(27)24-8-6-16(7-9-24)23-32(28,29)20-3-2-10-31-20/h2-5,10,12,14,16,23H,6-9,11,13H2,1H3/t14-/m1/s1. The van der Waals surface area contributed by atoms with Gasteiger partial charge in [-0.3, -0.25) is 9.59 Å². The fourth-order valence-electron chi connectivity index (χ4n) is 4.15. The number of amides is 2. The number of benzene rings is 1. The smallest absolute Gasteiger partial charge is 0.250 e. The Balaban J connectivity index is 1.36. The average molecular weight is 498 g/mol. The lowest BCUT2D eigenvalue weighted by Crippen LogP contribution is -2.48. The molecule has 172 valence electrons. The highest BCUT2D eigenvalue weighted by Gasteiger charge is 2.39. The summed E-state index contributed by atoms with van der Waals surface area (Å²) in [4.78, 5) is 29.0. The zero-order valence-corrected chi connectivity index (χ0v) is 19.9. The molecule has 2 aliphatic heterocycles. The van der Waals surface area contributed by atoms with Gasteiger partial charge >= 0.3 is 0 Å². The predicted molar refractivity (Wildman–Crippen MR) is 123 cm³/mol. The van der Waals surface area contributed by atoms with E-state index in [2.05, 4.69) is 4.72 Å². The van der Waals surface area contributed by atoms with Crippen LogP contribution in [0.5, 0.6) is 5.75 Å². The molecule has 2 aromatic rings. The number of methoxy groups -OCH3 is 1. The Bertz CT molecular complexity index is 1100. The van der Waals surface area contributed by atoms with Crippen molar-refractivity contribution < 1.29 is 22.7 Å². The number of ether oxygens (including phenoxy) is 1. The summed E-state index contributed by atoms with van der Waals surface area (Å²) in [5.41, 5.74) is 0.557. The first-order chi connectivity index (χ1) is 15.3. The van der Waals surface area contributed by atoms with Crippen molar-refractivity contribution in [2.45, 2.75) is 29.5 Å². The fourth-order valence-corrected chi connectivity index (χ4v) is 6.63. The summed E-state index contributed by atoms with van der Waals surface area (Å²) in [6.45, 7) is 1.16. The molecule has 3 heterocycles. The summed E-state index contributed by atoms with van der Waals surface area (Å²) in [6, 6.07) is 8.10. The first kappa shape index (κ1) is 23.0. The zero-order chi connectivity index (χ0) is 22.9. The van der Waals surface area contributed by atoms with Crippen LogP contribution < -0.4 is 14.4 Å². The number of hydrogen-bond acceptors (Lipinski definition) is 6. The summed E-state index contributed by atoms with van der Waals surface area (Å²) in [5.74, 6) is -0.163. The molecule has 8 nitrogen and oxygen atoms in total. The van der Waals surface area contributed by atoms with Crippen LogP contribution in [-0.2, 0) is 19.6 Å². The molecule has 0 spiro atoms. The van der Waals surface area contributed by atoms with Gasteiger partial charge in [0.05, 0.1) is 18.7 Å². The number of hydrogen-bond donors (Lipinski definition) is 1. The molecule has 32 heavy (non-hydrogen) atoms. The van der Waals surface area contributed by atoms with Gasteiger partial charge in [0.2, 0.25) is 21.8 Å². The quantitative estimate of drug-likeness (QED) is 0.662. The van der Waals surface area contributed by atoms with Gasteiger partial charge in [0.15, 0.2) is 0 Å². The number of sulfonamides is 1. The lowest BCUT2D eigenvalue weighted by atomic mass is 10.0. The number of piperidine rings is 1. The molecule has 0 bridgehead atoms. The van der Waals surface area contributed by atoms with Crippen molar-refractivity contribution in [1.29, 1.82) is 0 Å². The van der Waals surface area contributed by atoms with Crippen LogP contribution in [0, 0.1) is 5.92 Å². The van der Waals surface area contributed by atoms with Gasteiger partial charge in [-0.25, -0.2) is 13.1 Å². The maximum Gasteiger partial charge on any atom is 0.250 e. The molecule has 2 amide bonds. The van der Waals surface area contributed by atoms with Crippen LogP contribution in [0.2, 0.25) is 5.02 Å². The second-order valence-electron chi connectivity index (χ2n) is 7.87. The number of rotatable bonds is 6. The minimum atomic E-state index is -3.53. The van der Waals surface area contributed by atoms with Gasteiger partial charge < -0.3 is 14.5 Å². The molecular formula is C21H24ClN3O5S2. The van der Waals surface area contributed by atoms with Gasteiger partial charge in [0.25, 0.3) is 0 Å². The number of nitrogens with zero attached hydrogens (tertiary/aromatic N) is 2. The van der Waals surface area contributed by atoms with Crippen LogP contribution in [-0.4, -0.2) is 57.9 Å². The predicted octanol–water partition coefficient (Wildman–Crippen LogP) is 2.73. The fraction of sp³-hybridized carbons (Fsp3) is 0.429. The molecule has 1 atom stereocenters. The van der Waals surface area contributed by atoms with Crippen molar-refractivity contribution in [1.82, 2.24) is 9.62 Å². The molecule has 2 fully saturated rings. The first-order valence-electron chi connectivity index (χ1n) is 10.3. The van der Waals surface area contributed by atoms with Crippen molar-refractivity contribution in [2.24, 2.45) is 5.92 Å². The van der Waals surface area contributed by atoms with E-state index in [-0.39, 0.29) is 35.0 Å². The molecule has 1 N–H and O–H groups in total. The summed E-state index contributed by atoms with van der Waals surface area (Å²) in [5, 5.41) is 2.21. The topological polar surface area (TPSA) is 96.0 Å². The van der Waals surface area contributed by atoms with Crippen molar-refractivity contribution in [3.63, 3.8) is 0 Å². The SMILES string of the molecule is COc1ccc(Cl)cc1N1C[C@H](C(=O)N2CCC(NS(=O)(=O)c3cccs3)CC2)CC1=O. The molecule has 1 aromatic heterocycles. The maximum atomic E-state index is 13.1. The molecule has 0 aliphatic carbocycles. The Kier molecular flexibility index (Phi) is 6.75. The molecule has 4 rings (SSSR count). The van der Waals surface area contributed by atoms with E-state index in [0.29, 0.717) is 42.4 Å². The molecule has 11 heteroatoms. The van der Waals surface area contributed by atoms with Gasteiger partial charge in [-0.1, -0.05) is 17.7 Å². The molecule has 1 aromatic carbocycles. The summed E-state index contributed by atoms with van der Waals surface area (Å²) < 4.78 is 33.2. The van der Waals surface area contributed by atoms with Crippen molar-refractivity contribution in [3.8, 4) is 5.75 Å². The highest BCUT2D eigenvalue weighted by atomic mass is 35.5. The number of anilines is 1. The molecule has 2 saturated heterocycles. The largest absolute Gasteiger partial charge is 0.495 e. The summed E-state index contributed by atoms with van der Waals surface area (Å²) >= 11 is 7.27. The number of likely N-dealkylation sites (tertiary alicyclic amines) is 1. The Morgan fingerprint density at radius 3 is 2.66 bits per heavy atom. The van der Waals surface area contributed by atoms with E-state index < -0.39 is 15.9 Å². The zero-order valence-electron chi connectivity index (χ0n) is 17.5. The van der Waals surface area contributed by atoms with E-state index in [0.717, 1.165) is 0 Å². The number of halogens is 1. The Hall–Kier alpha value is -2.14. The molecule has 2 aliphatic rings. The van der Waals surface area contributed by atoms with Crippen LogP contribution in [0.1, 0.15) is 19.3 Å². The van der Waals surface area contributed by atoms with Gasteiger partial charge in [-0.05, 0) is 42.5 Å². The van der Waals surface area contributed by atoms with Gasteiger partial charge in [-0.15, -0.1) is 11.3 Å². The Morgan fingerprint density at radius 1 is 1.25 bits per heavy atom. The van der Waals surface area contributed by atoms with E-state index in [9.17, 15) is 18.0 Å². The van der Waals surface area contributed by atoms with E-state index >= 15 is 0 Å². The third-order valence-electron chi connectivity index (χ3n) is 5.79. The molecule has 0 unspecified atom stereocenters. The van der Waals surface area contributed by atoms with Crippen molar-refractivity contribution in [3.05, 3.63) is 40.7 Å². The third-order valence-corrected chi connectivity index (χ3v) is 8.95. The van der Waals surface area contributed by atoms with Gasteiger partial charge in [0.1, 0.15) is 9.96 Å². The minimum Gasteiger partial charge on any atom is -0.495 e. The van der Waals surface area contributed by atoms with Crippen LogP contribution >= 0.6 is 22.9 Å². The summed E-state index contributed by atoms with van der Waals surface area (Å²) in [7, 11) is -2.01.